The normalized spacial score (nSPS) is 26.2. The van der Waals surface area contributed by atoms with E-state index in [4.69, 9.17) is 4.74 Å². The van der Waals surface area contributed by atoms with Gasteiger partial charge in [0.15, 0.2) is 0 Å². The number of anilines is 2. The molecule has 8 heteroatoms. The molecular weight excluding hydrogens is 317 g/mol. The largest absolute Gasteiger partial charge is 0.442 e. The molecule has 0 radical (unpaired) electrons. The summed E-state index contributed by atoms with van der Waals surface area (Å²) in [7, 11) is 0. The fourth-order valence-corrected chi connectivity index (χ4v) is 2.91. The lowest BCUT2D eigenvalue weighted by Gasteiger charge is -2.48. The first kappa shape index (κ1) is 16.5. The Morgan fingerprint density at radius 1 is 1.54 bits per heavy atom. The topological polar surface area (TPSA) is 82.1 Å². The molecule has 2 heterocycles. The van der Waals surface area contributed by atoms with E-state index in [2.05, 4.69) is 5.32 Å². The van der Waals surface area contributed by atoms with Crippen molar-refractivity contribution in [2.45, 2.75) is 32.1 Å². The van der Waals surface area contributed by atoms with Crippen molar-refractivity contribution in [2.75, 3.05) is 29.4 Å². The Morgan fingerprint density at radius 2 is 2.29 bits per heavy atom. The van der Waals surface area contributed by atoms with Gasteiger partial charge >= 0.3 is 6.09 Å². The summed E-state index contributed by atoms with van der Waals surface area (Å²) in [5.41, 5.74) is -0.359. The smallest absolute Gasteiger partial charge is 0.414 e. The highest BCUT2D eigenvalue weighted by Crippen LogP contribution is 2.36. The fraction of sp³-hybridized carbons (Fsp3) is 0.500. The summed E-state index contributed by atoms with van der Waals surface area (Å²) in [6, 6.07) is 4.42. The monoisotopic (exact) mass is 337 g/mol. The number of hydrogen-bond donors (Lipinski definition) is 2. The van der Waals surface area contributed by atoms with Gasteiger partial charge in [-0.25, -0.2) is 9.18 Å². The molecule has 130 valence electrons. The van der Waals surface area contributed by atoms with Crippen LogP contribution in [-0.4, -0.2) is 48.6 Å². The van der Waals surface area contributed by atoms with E-state index in [1.165, 1.54) is 17.9 Å². The highest BCUT2D eigenvalue weighted by molar-refractivity contribution is 5.90. The number of rotatable bonds is 4. The van der Waals surface area contributed by atoms with Gasteiger partial charge in [-0.2, -0.15) is 0 Å². The molecule has 0 aromatic heterocycles. The van der Waals surface area contributed by atoms with Gasteiger partial charge in [0.25, 0.3) is 0 Å². The van der Waals surface area contributed by atoms with Crippen LogP contribution in [0.1, 0.15) is 20.3 Å². The van der Waals surface area contributed by atoms with Crippen LogP contribution in [0.5, 0.6) is 0 Å². The third kappa shape index (κ3) is 3.01. The molecule has 2 amide bonds. The summed E-state index contributed by atoms with van der Waals surface area (Å²) in [6.45, 7) is 4.05. The second-order valence-corrected chi connectivity index (χ2v) is 6.31. The number of ether oxygens (including phenoxy) is 1. The molecule has 2 aliphatic rings. The fourth-order valence-electron chi connectivity index (χ4n) is 2.91. The van der Waals surface area contributed by atoms with Crippen LogP contribution < -0.4 is 15.1 Å². The maximum absolute atomic E-state index is 14.4. The molecule has 2 saturated heterocycles. The molecule has 3 rings (SSSR count). The van der Waals surface area contributed by atoms with E-state index in [9.17, 15) is 19.1 Å². The maximum Gasteiger partial charge on any atom is 0.414 e. The van der Waals surface area contributed by atoms with Gasteiger partial charge in [0, 0.05) is 19.9 Å². The Morgan fingerprint density at radius 3 is 2.83 bits per heavy atom. The molecule has 2 atom stereocenters. The Labute approximate surface area is 139 Å². The summed E-state index contributed by atoms with van der Waals surface area (Å²) in [5, 5.41) is 12.6. The van der Waals surface area contributed by atoms with Gasteiger partial charge in [0.05, 0.1) is 24.5 Å². The number of carbonyl (C=O) groups is 2. The zero-order valence-electron chi connectivity index (χ0n) is 13.6. The predicted octanol–water partition coefficient (Wildman–Crippen LogP) is 1.21. The van der Waals surface area contributed by atoms with Crippen molar-refractivity contribution in [3.63, 3.8) is 0 Å². The highest BCUT2D eigenvalue weighted by atomic mass is 19.1. The van der Waals surface area contributed by atoms with Crippen LogP contribution in [0, 0.1) is 5.82 Å². The van der Waals surface area contributed by atoms with Gasteiger partial charge in [-0.15, -0.1) is 0 Å². The predicted molar refractivity (Wildman–Crippen MR) is 85.3 cm³/mol. The van der Waals surface area contributed by atoms with Crippen molar-refractivity contribution in [2.24, 2.45) is 0 Å². The number of cyclic esters (lactones) is 1. The molecule has 2 aliphatic heterocycles. The van der Waals surface area contributed by atoms with Crippen LogP contribution in [-0.2, 0) is 9.53 Å². The average Bonchev–Trinajstić information content (AvgIpc) is 2.87. The first-order chi connectivity index (χ1) is 11.3. The summed E-state index contributed by atoms with van der Waals surface area (Å²) < 4.78 is 19.6. The minimum Gasteiger partial charge on any atom is -0.442 e. The number of benzene rings is 1. The van der Waals surface area contributed by atoms with E-state index in [1.54, 1.807) is 24.0 Å². The Hall–Kier alpha value is -2.35. The second-order valence-electron chi connectivity index (χ2n) is 6.31. The summed E-state index contributed by atoms with van der Waals surface area (Å²) in [4.78, 5) is 25.8. The number of halogens is 1. The third-order valence-electron chi connectivity index (χ3n) is 4.38. The molecular formula is C16H20FN3O4. The van der Waals surface area contributed by atoms with Crippen LogP contribution in [0.2, 0.25) is 0 Å². The molecule has 0 bridgehead atoms. The van der Waals surface area contributed by atoms with E-state index < -0.39 is 23.7 Å². The SMILES string of the molecule is CC(=O)NCC1CN(c2ccc(N3CC[C@@]3(C)O)c(F)c2)C(=O)O1. The molecule has 7 nitrogen and oxygen atoms in total. The van der Waals surface area contributed by atoms with Crippen molar-refractivity contribution in [1.29, 1.82) is 0 Å². The molecule has 1 aromatic carbocycles. The number of hydrogen-bond acceptors (Lipinski definition) is 5. The zero-order chi connectivity index (χ0) is 17.5. The minimum absolute atomic E-state index is 0.207. The minimum atomic E-state index is -1.04. The van der Waals surface area contributed by atoms with Crippen LogP contribution in [0.15, 0.2) is 18.2 Å². The van der Waals surface area contributed by atoms with Gasteiger partial charge in [-0.1, -0.05) is 0 Å². The number of carbonyl (C=O) groups excluding carboxylic acids is 2. The number of aliphatic hydroxyl groups is 1. The molecule has 24 heavy (non-hydrogen) atoms. The van der Waals surface area contributed by atoms with Gasteiger partial charge in [0.2, 0.25) is 5.91 Å². The van der Waals surface area contributed by atoms with E-state index in [0.717, 1.165) is 0 Å². The van der Waals surface area contributed by atoms with Crippen molar-refractivity contribution < 1.29 is 23.8 Å². The molecule has 0 spiro atoms. The first-order valence-electron chi connectivity index (χ1n) is 7.80. The van der Waals surface area contributed by atoms with Crippen molar-refractivity contribution >= 4 is 23.4 Å². The number of nitrogens with one attached hydrogen (secondary N) is 1. The Bertz CT molecular complexity index is 679. The van der Waals surface area contributed by atoms with Crippen LogP contribution in [0.25, 0.3) is 0 Å². The molecule has 1 unspecified atom stereocenters. The van der Waals surface area contributed by atoms with Crippen molar-refractivity contribution in [3.8, 4) is 0 Å². The zero-order valence-corrected chi connectivity index (χ0v) is 13.6. The summed E-state index contributed by atoms with van der Waals surface area (Å²) in [5.74, 6) is -0.716. The van der Waals surface area contributed by atoms with Crippen LogP contribution in [0.3, 0.4) is 0 Å². The Kier molecular flexibility index (Phi) is 4.08. The van der Waals surface area contributed by atoms with Crippen LogP contribution in [0.4, 0.5) is 20.6 Å². The van der Waals surface area contributed by atoms with E-state index >= 15 is 0 Å². The lowest BCUT2D eigenvalue weighted by atomic mass is 9.99. The lowest BCUT2D eigenvalue weighted by Crippen LogP contribution is -2.58. The number of amides is 2. The second kappa shape index (κ2) is 5.94. The van der Waals surface area contributed by atoms with Crippen LogP contribution >= 0.6 is 0 Å². The van der Waals surface area contributed by atoms with Gasteiger partial charge in [-0.05, 0) is 25.1 Å². The Balaban J connectivity index is 1.72. The lowest BCUT2D eigenvalue weighted by molar-refractivity contribution is -0.119. The van der Waals surface area contributed by atoms with E-state index in [0.29, 0.717) is 24.3 Å². The quantitative estimate of drug-likeness (QED) is 0.863. The summed E-state index contributed by atoms with van der Waals surface area (Å²) >= 11 is 0. The molecule has 2 fully saturated rings. The van der Waals surface area contributed by atoms with Gasteiger partial charge in [-0.3, -0.25) is 9.69 Å². The van der Waals surface area contributed by atoms with Crippen molar-refractivity contribution in [3.05, 3.63) is 24.0 Å². The molecule has 2 N–H and O–H groups in total. The van der Waals surface area contributed by atoms with Gasteiger partial charge in [0.1, 0.15) is 17.6 Å². The molecule has 0 saturated carbocycles. The maximum atomic E-state index is 14.4. The molecule has 1 aromatic rings. The summed E-state index contributed by atoms with van der Waals surface area (Å²) in [6.07, 6.45) is -0.467. The van der Waals surface area contributed by atoms with E-state index in [1.807, 2.05) is 0 Å². The third-order valence-corrected chi connectivity index (χ3v) is 4.38. The number of nitrogens with zero attached hydrogens (tertiary/aromatic N) is 2. The highest BCUT2D eigenvalue weighted by Gasteiger charge is 2.40. The van der Waals surface area contributed by atoms with Gasteiger partial charge < -0.3 is 20.1 Å². The molecule has 0 aliphatic carbocycles. The standard InChI is InChI=1S/C16H20FN3O4/c1-10(21)18-8-12-9-19(15(22)24-12)11-3-4-14(13(17)7-11)20-6-5-16(20,2)23/h3-4,7,12,23H,5-6,8-9H2,1-2H3,(H,18,21)/t12?,16-/m1/s1. The van der Waals surface area contributed by atoms with E-state index in [-0.39, 0.29) is 19.0 Å². The van der Waals surface area contributed by atoms with Crippen molar-refractivity contribution in [1.82, 2.24) is 5.32 Å². The first-order valence-corrected chi connectivity index (χ1v) is 7.80. The average molecular weight is 337 g/mol.